The Morgan fingerprint density at radius 2 is 2.17 bits per heavy atom. The molecule has 2 aliphatic heterocycles. The van der Waals surface area contributed by atoms with E-state index in [9.17, 15) is 19.7 Å². The molecule has 3 aliphatic rings. The average Bonchev–Trinajstić information content (AvgIpc) is 3.15. The van der Waals surface area contributed by atoms with Gasteiger partial charge in [-0.3, -0.25) is 4.79 Å². The minimum absolute atomic E-state index is 0.00657. The van der Waals surface area contributed by atoms with Gasteiger partial charge in [-0.25, -0.2) is 9.48 Å². The topological polar surface area (TPSA) is 151 Å². The predicted octanol–water partition coefficient (Wildman–Crippen LogP) is -0.801. The summed E-state index contributed by atoms with van der Waals surface area (Å²) >= 11 is 0. The van der Waals surface area contributed by atoms with Crippen LogP contribution in [0.1, 0.15) is 37.9 Å². The van der Waals surface area contributed by atoms with Gasteiger partial charge in [0, 0.05) is 6.54 Å². The van der Waals surface area contributed by atoms with Crippen molar-refractivity contribution < 1.29 is 24.4 Å². The Labute approximate surface area is 173 Å². The molecule has 0 saturated carbocycles. The van der Waals surface area contributed by atoms with E-state index in [4.69, 9.17) is 4.65 Å². The molecule has 0 spiro atoms. The van der Waals surface area contributed by atoms with Gasteiger partial charge in [-0.05, 0) is 67.1 Å². The summed E-state index contributed by atoms with van der Waals surface area (Å²) in [6, 6.07) is 0. The molecule has 3 heterocycles. The summed E-state index contributed by atoms with van der Waals surface area (Å²) < 4.78 is 7.13. The highest BCUT2D eigenvalue weighted by molar-refractivity contribution is 6.46. The molecule has 12 heteroatoms. The van der Waals surface area contributed by atoms with Crippen LogP contribution in [0.4, 0.5) is 0 Å². The Kier molecular flexibility index (Phi) is 6.14. The second-order valence-corrected chi connectivity index (χ2v) is 7.93. The number of rotatable bonds is 6. The number of carbonyl (C=O) groups excluding carboxylic acids is 1. The van der Waals surface area contributed by atoms with Crippen molar-refractivity contribution in [3.63, 3.8) is 0 Å². The number of hydrogen-bond donors (Lipinski definition) is 4. The van der Waals surface area contributed by atoms with E-state index in [0.29, 0.717) is 37.5 Å². The van der Waals surface area contributed by atoms with E-state index in [1.54, 1.807) is 10.8 Å². The van der Waals surface area contributed by atoms with Gasteiger partial charge in [0.1, 0.15) is 5.76 Å². The van der Waals surface area contributed by atoms with Crippen LogP contribution in [0, 0.1) is 5.92 Å². The molecule has 1 fully saturated rings. The standard InChI is InChI=1S/C18H25BN6O5/c26-16(9-15-22-23-24-25(15)10-11-4-6-20-7-5-11)21-14-8-12-2-1-3-13(18(27)28)17(12)30-19(14)29/h3,11,14,20,29H,1-2,4-10H2,(H,21,26)(H,27,28)/t14-/m0/s1. The third kappa shape index (κ3) is 4.54. The van der Waals surface area contributed by atoms with Gasteiger partial charge >= 0.3 is 13.1 Å². The molecule has 1 aromatic heterocycles. The smallest absolute Gasteiger partial charge is 0.534 e. The molecule has 1 amide bonds. The van der Waals surface area contributed by atoms with E-state index in [-0.39, 0.29) is 23.7 Å². The zero-order valence-corrected chi connectivity index (χ0v) is 16.6. The molecule has 4 N–H and O–H groups in total. The fraction of sp³-hybridized carbons (Fsp3) is 0.611. The summed E-state index contributed by atoms with van der Waals surface area (Å²) in [5.41, 5.74) is 0.860. The Bertz CT molecular complexity index is 878. The number of hydrogen-bond acceptors (Lipinski definition) is 8. The van der Waals surface area contributed by atoms with E-state index in [1.807, 2.05) is 0 Å². The largest absolute Gasteiger partial charge is 0.547 e. The maximum Gasteiger partial charge on any atom is 0.547 e. The van der Waals surface area contributed by atoms with Gasteiger partial charge in [-0.2, -0.15) is 0 Å². The van der Waals surface area contributed by atoms with Crippen LogP contribution in [0.5, 0.6) is 0 Å². The summed E-state index contributed by atoms with van der Waals surface area (Å²) in [4.78, 5) is 24.0. The lowest BCUT2D eigenvalue weighted by Crippen LogP contribution is -2.51. The van der Waals surface area contributed by atoms with Gasteiger partial charge < -0.3 is 25.4 Å². The molecule has 1 aromatic rings. The highest BCUT2D eigenvalue weighted by Gasteiger charge is 2.40. The summed E-state index contributed by atoms with van der Waals surface area (Å²) in [6.45, 7) is 2.62. The van der Waals surface area contributed by atoms with Crippen LogP contribution in [0.3, 0.4) is 0 Å². The third-order valence-electron chi connectivity index (χ3n) is 5.80. The van der Waals surface area contributed by atoms with Crippen molar-refractivity contribution in [1.82, 2.24) is 30.8 Å². The molecule has 1 saturated heterocycles. The van der Waals surface area contributed by atoms with E-state index in [2.05, 4.69) is 26.2 Å². The van der Waals surface area contributed by atoms with Crippen LogP contribution in [0.2, 0.25) is 0 Å². The van der Waals surface area contributed by atoms with Crippen LogP contribution >= 0.6 is 0 Å². The summed E-state index contributed by atoms with van der Waals surface area (Å²) in [7, 11) is -1.32. The average molecular weight is 416 g/mol. The van der Waals surface area contributed by atoms with E-state index < -0.39 is 19.0 Å². The van der Waals surface area contributed by atoms with Crippen molar-refractivity contribution in [1.29, 1.82) is 0 Å². The maximum absolute atomic E-state index is 12.6. The first-order valence-corrected chi connectivity index (χ1v) is 10.3. The predicted molar refractivity (Wildman–Crippen MR) is 105 cm³/mol. The van der Waals surface area contributed by atoms with Gasteiger partial charge in [0.2, 0.25) is 5.91 Å². The summed E-state index contributed by atoms with van der Waals surface area (Å²) in [5.74, 6) is -0.893. The molecule has 160 valence electrons. The van der Waals surface area contributed by atoms with Crippen molar-refractivity contribution >= 4 is 19.0 Å². The molecule has 0 unspecified atom stereocenters. The number of aromatic nitrogens is 4. The van der Waals surface area contributed by atoms with Gasteiger partial charge in [0.15, 0.2) is 5.82 Å². The molecular formula is C18H25BN6O5. The highest BCUT2D eigenvalue weighted by atomic mass is 16.5. The summed E-state index contributed by atoms with van der Waals surface area (Å²) in [6.07, 6.45) is 5.24. The van der Waals surface area contributed by atoms with E-state index in [1.165, 1.54) is 0 Å². The number of amides is 1. The van der Waals surface area contributed by atoms with Crippen LogP contribution in [0.15, 0.2) is 23.0 Å². The van der Waals surface area contributed by atoms with Crippen molar-refractivity contribution in [2.24, 2.45) is 5.92 Å². The van der Waals surface area contributed by atoms with Gasteiger partial charge in [-0.1, -0.05) is 6.08 Å². The van der Waals surface area contributed by atoms with Crippen molar-refractivity contribution in [2.75, 3.05) is 13.1 Å². The molecule has 30 heavy (non-hydrogen) atoms. The van der Waals surface area contributed by atoms with Gasteiger partial charge in [0.25, 0.3) is 0 Å². The molecule has 0 radical (unpaired) electrons. The van der Waals surface area contributed by atoms with Crippen molar-refractivity contribution in [2.45, 2.75) is 51.0 Å². The molecule has 0 bridgehead atoms. The van der Waals surface area contributed by atoms with Crippen LogP contribution in [-0.2, 0) is 27.2 Å². The molecule has 1 atom stereocenters. The Morgan fingerprint density at radius 1 is 1.37 bits per heavy atom. The SMILES string of the molecule is O=C(Cc1nnnn1CC1CCNCC1)N[C@H]1CC2=C(OB1O)C(C(=O)O)=CCC2. The number of nitrogens with zero attached hydrogens (tertiary/aromatic N) is 4. The Hall–Kier alpha value is -2.73. The van der Waals surface area contributed by atoms with Crippen LogP contribution in [0.25, 0.3) is 0 Å². The fourth-order valence-electron chi connectivity index (χ4n) is 4.21. The monoisotopic (exact) mass is 416 g/mol. The quantitative estimate of drug-likeness (QED) is 0.437. The summed E-state index contributed by atoms with van der Waals surface area (Å²) in [5, 5.41) is 37.4. The van der Waals surface area contributed by atoms with E-state index >= 15 is 0 Å². The van der Waals surface area contributed by atoms with Gasteiger partial charge in [-0.15, -0.1) is 5.10 Å². The third-order valence-corrected chi connectivity index (χ3v) is 5.80. The van der Waals surface area contributed by atoms with Crippen molar-refractivity contribution in [3.8, 4) is 0 Å². The maximum atomic E-state index is 12.6. The lowest BCUT2D eigenvalue weighted by atomic mass is 9.70. The molecule has 4 rings (SSSR count). The number of allylic oxidation sites excluding steroid dienone is 1. The number of aliphatic carboxylic acids is 1. The first-order chi connectivity index (χ1) is 14.5. The first kappa shape index (κ1) is 20.5. The first-order valence-electron chi connectivity index (χ1n) is 10.3. The lowest BCUT2D eigenvalue weighted by molar-refractivity contribution is -0.132. The molecule has 1 aliphatic carbocycles. The number of nitrogens with one attached hydrogen (secondary N) is 2. The Balaban J connectivity index is 1.37. The lowest BCUT2D eigenvalue weighted by Gasteiger charge is -2.32. The second kappa shape index (κ2) is 8.96. The highest BCUT2D eigenvalue weighted by Crippen LogP contribution is 2.33. The minimum Gasteiger partial charge on any atom is -0.534 e. The number of carboxylic acid groups (broad SMARTS) is 1. The number of carboxylic acids is 1. The number of tetrazole rings is 1. The van der Waals surface area contributed by atoms with Crippen molar-refractivity contribution in [3.05, 3.63) is 28.8 Å². The second-order valence-electron chi connectivity index (χ2n) is 7.93. The van der Waals surface area contributed by atoms with Crippen LogP contribution in [-0.4, -0.2) is 68.4 Å². The molecular weight excluding hydrogens is 391 g/mol. The number of piperidine rings is 1. The Morgan fingerprint density at radius 3 is 2.93 bits per heavy atom. The number of carbonyl (C=O) groups is 2. The molecule has 0 aromatic carbocycles. The normalized spacial score (nSPS) is 22.2. The zero-order valence-electron chi connectivity index (χ0n) is 16.6. The molecule has 11 nitrogen and oxygen atoms in total. The minimum atomic E-state index is -1.32. The zero-order chi connectivity index (χ0) is 21.1. The van der Waals surface area contributed by atoms with Crippen LogP contribution < -0.4 is 10.6 Å². The van der Waals surface area contributed by atoms with Gasteiger partial charge in [0.05, 0.1) is 17.9 Å². The van der Waals surface area contributed by atoms with E-state index in [0.717, 1.165) is 31.5 Å². The fourth-order valence-corrected chi connectivity index (χ4v) is 4.21.